The number of nitrogens with zero attached hydrogens (tertiary/aromatic N) is 1. The van der Waals surface area contributed by atoms with Crippen LogP contribution in [0.5, 0.6) is 0 Å². The van der Waals surface area contributed by atoms with Crippen molar-refractivity contribution >= 4 is 11.8 Å². The van der Waals surface area contributed by atoms with Crippen molar-refractivity contribution in [1.82, 2.24) is 4.98 Å². The highest BCUT2D eigenvalue weighted by Gasteiger charge is 2.05. The van der Waals surface area contributed by atoms with Gasteiger partial charge in [0.2, 0.25) is 0 Å². The number of nitrogens with two attached hydrogens (primary N) is 1. The molecule has 0 atom stereocenters. The maximum atomic E-state index is 5.60. The van der Waals surface area contributed by atoms with Crippen molar-refractivity contribution in [3.8, 4) is 0 Å². The maximum absolute atomic E-state index is 5.60. The van der Waals surface area contributed by atoms with Crippen LogP contribution in [0.15, 0.2) is 46.5 Å². The summed E-state index contributed by atoms with van der Waals surface area (Å²) in [5, 5.41) is 1.05. The summed E-state index contributed by atoms with van der Waals surface area (Å²) < 4.78 is 0. The highest BCUT2D eigenvalue weighted by molar-refractivity contribution is 7.99. The van der Waals surface area contributed by atoms with Crippen molar-refractivity contribution in [2.24, 2.45) is 5.73 Å². The number of aromatic nitrogens is 1. The third kappa shape index (κ3) is 2.87. The van der Waals surface area contributed by atoms with Crippen LogP contribution in [0.2, 0.25) is 0 Å². The summed E-state index contributed by atoms with van der Waals surface area (Å²) in [5.41, 5.74) is 9.14. The molecule has 0 aliphatic carbocycles. The van der Waals surface area contributed by atoms with E-state index in [4.69, 9.17) is 5.73 Å². The van der Waals surface area contributed by atoms with Gasteiger partial charge < -0.3 is 5.73 Å². The van der Waals surface area contributed by atoms with Crippen molar-refractivity contribution < 1.29 is 0 Å². The van der Waals surface area contributed by atoms with E-state index in [9.17, 15) is 0 Å². The molecule has 0 saturated heterocycles. The van der Waals surface area contributed by atoms with Gasteiger partial charge >= 0.3 is 0 Å². The third-order valence-electron chi connectivity index (χ3n) is 2.62. The fourth-order valence-electron chi connectivity index (χ4n) is 1.61. The lowest BCUT2D eigenvalue weighted by atomic mass is 10.2. The highest BCUT2D eigenvalue weighted by atomic mass is 32.2. The fraction of sp³-hybridized carbons (Fsp3) is 0.214. The van der Waals surface area contributed by atoms with Crippen LogP contribution in [0.3, 0.4) is 0 Å². The minimum Gasteiger partial charge on any atom is -0.326 e. The number of aryl methyl sites for hydroxylation is 2. The van der Waals surface area contributed by atoms with E-state index in [1.54, 1.807) is 11.8 Å². The Morgan fingerprint density at radius 2 is 1.94 bits per heavy atom. The molecule has 2 N–H and O–H groups in total. The number of hydrogen-bond donors (Lipinski definition) is 1. The van der Waals surface area contributed by atoms with Crippen molar-refractivity contribution in [3.05, 3.63) is 53.2 Å². The van der Waals surface area contributed by atoms with Gasteiger partial charge in [0.15, 0.2) is 0 Å². The van der Waals surface area contributed by atoms with Crippen LogP contribution in [0.25, 0.3) is 0 Å². The quantitative estimate of drug-likeness (QED) is 0.900. The first-order valence-corrected chi connectivity index (χ1v) is 6.41. The van der Waals surface area contributed by atoms with Crippen LogP contribution in [0.4, 0.5) is 0 Å². The van der Waals surface area contributed by atoms with Crippen LogP contribution in [0.1, 0.15) is 16.7 Å². The molecule has 3 heteroatoms. The summed E-state index contributed by atoms with van der Waals surface area (Å²) in [6.45, 7) is 4.74. The lowest BCUT2D eigenvalue weighted by Gasteiger charge is -2.08. The summed E-state index contributed by atoms with van der Waals surface area (Å²) in [5.74, 6) is 0. The second-order valence-corrected chi connectivity index (χ2v) is 5.07. The topological polar surface area (TPSA) is 38.9 Å². The van der Waals surface area contributed by atoms with E-state index in [0.29, 0.717) is 6.54 Å². The molecule has 0 bridgehead atoms. The Labute approximate surface area is 106 Å². The van der Waals surface area contributed by atoms with Crippen molar-refractivity contribution in [1.29, 1.82) is 0 Å². The molecule has 0 unspecified atom stereocenters. The molecule has 88 valence electrons. The predicted octanol–water partition coefficient (Wildman–Crippen LogP) is 3.31. The smallest absolute Gasteiger partial charge is 0.104 e. The zero-order valence-corrected chi connectivity index (χ0v) is 10.9. The largest absolute Gasteiger partial charge is 0.326 e. The Morgan fingerprint density at radius 1 is 1.18 bits per heavy atom. The second kappa shape index (κ2) is 5.34. The average molecular weight is 244 g/mol. The van der Waals surface area contributed by atoms with Gasteiger partial charge in [0.05, 0.1) is 0 Å². The van der Waals surface area contributed by atoms with Gasteiger partial charge in [-0.15, -0.1) is 0 Å². The zero-order chi connectivity index (χ0) is 12.3. The molecule has 2 aromatic rings. The van der Waals surface area contributed by atoms with Gasteiger partial charge in [0, 0.05) is 17.6 Å². The molecule has 0 spiro atoms. The minimum atomic E-state index is 0.545. The standard InChI is InChI=1S/C14H16N2S/c1-10-5-3-4-6-13(10)17-14-11(2)7-12(8-15)9-16-14/h3-7,9H,8,15H2,1-2H3. The van der Waals surface area contributed by atoms with Crippen LogP contribution in [-0.4, -0.2) is 4.98 Å². The van der Waals surface area contributed by atoms with Crippen molar-refractivity contribution in [2.75, 3.05) is 0 Å². The van der Waals surface area contributed by atoms with E-state index in [0.717, 1.165) is 10.6 Å². The minimum absolute atomic E-state index is 0.545. The molecule has 0 aliphatic rings. The van der Waals surface area contributed by atoms with E-state index in [-0.39, 0.29) is 0 Å². The molecule has 0 saturated carbocycles. The maximum Gasteiger partial charge on any atom is 0.104 e. The van der Waals surface area contributed by atoms with Crippen molar-refractivity contribution in [2.45, 2.75) is 30.3 Å². The van der Waals surface area contributed by atoms with Gasteiger partial charge in [-0.25, -0.2) is 4.98 Å². The second-order valence-electron chi connectivity index (χ2n) is 4.04. The van der Waals surface area contributed by atoms with Gasteiger partial charge in [-0.05, 0) is 36.6 Å². The van der Waals surface area contributed by atoms with E-state index >= 15 is 0 Å². The van der Waals surface area contributed by atoms with E-state index < -0.39 is 0 Å². The van der Waals surface area contributed by atoms with Gasteiger partial charge in [-0.2, -0.15) is 0 Å². The van der Waals surface area contributed by atoms with E-state index in [2.05, 4.69) is 49.2 Å². The lowest BCUT2D eigenvalue weighted by molar-refractivity contribution is 0.988. The first-order chi connectivity index (χ1) is 8.20. The average Bonchev–Trinajstić information content (AvgIpc) is 2.34. The first-order valence-electron chi connectivity index (χ1n) is 5.60. The summed E-state index contributed by atoms with van der Waals surface area (Å²) in [4.78, 5) is 5.72. The molecular weight excluding hydrogens is 228 g/mol. The summed E-state index contributed by atoms with van der Waals surface area (Å²) in [7, 11) is 0. The molecule has 0 amide bonds. The van der Waals surface area contributed by atoms with E-state index in [1.165, 1.54) is 16.0 Å². The van der Waals surface area contributed by atoms with Crippen LogP contribution >= 0.6 is 11.8 Å². The number of hydrogen-bond acceptors (Lipinski definition) is 3. The number of pyridine rings is 1. The Hall–Kier alpha value is -1.32. The Kier molecular flexibility index (Phi) is 3.82. The van der Waals surface area contributed by atoms with Gasteiger partial charge in [-0.1, -0.05) is 36.0 Å². The molecule has 17 heavy (non-hydrogen) atoms. The zero-order valence-electron chi connectivity index (χ0n) is 10.1. The van der Waals surface area contributed by atoms with E-state index in [1.807, 2.05) is 6.20 Å². The Bertz CT molecular complexity index is 523. The molecular formula is C14H16N2S. The molecule has 0 radical (unpaired) electrons. The molecule has 1 heterocycles. The SMILES string of the molecule is Cc1ccccc1Sc1ncc(CN)cc1C. The van der Waals surface area contributed by atoms with Crippen molar-refractivity contribution in [3.63, 3.8) is 0 Å². The molecule has 2 nitrogen and oxygen atoms in total. The molecule has 1 aromatic carbocycles. The van der Waals surface area contributed by atoms with Crippen LogP contribution in [0, 0.1) is 13.8 Å². The van der Waals surface area contributed by atoms with Gasteiger partial charge in [0.1, 0.15) is 5.03 Å². The predicted molar refractivity (Wildman–Crippen MR) is 72.2 cm³/mol. The summed E-state index contributed by atoms with van der Waals surface area (Å²) >= 11 is 1.71. The van der Waals surface area contributed by atoms with Crippen LogP contribution in [-0.2, 0) is 6.54 Å². The molecule has 0 aliphatic heterocycles. The Morgan fingerprint density at radius 3 is 2.59 bits per heavy atom. The monoisotopic (exact) mass is 244 g/mol. The Balaban J connectivity index is 2.28. The van der Waals surface area contributed by atoms with Gasteiger partial charge in [0.25, 0.3) is 0 Å². The normalized spacial score (nSPS) is 10.5. The first kappa shape index (κ1) is 12.1. The molecule has 0 fully saturated rings. The molecule has 1 aromatic heterocycles. The number of benzene rings is 1. The summed E-state index contributed by atoms with van der Waals surface area (Å²) in [6, 6.07) is 10.5. The molecule has 2 rings (SSSR count). The van der Waals surface area contributed by atoms with Crippen LogP contribution < -0.4 is 5.73 Å². The summed E-state index contributed by atoms with van der Waals surface area (Å²) in [6.07, 6.45) is 1.85. The fourth-order valence-corrected chi connectivity index (χ4v) is 2.52. The highest BCUT2D eigenvalue weighted by Crippen LogP contribution is 2.30. The van der Waals surface area contributed by atoms with Gasteiger partial charge in [-0.3, -0.25) is 0 Å². The third-order valence-corrected chi connectivity index (χ3v) is 3.92. The number of rotatable bonds is 3. The lowest BCUT2D eigenvalue weighted by Crippen LogP contribution is -1.98.